The van der Waals surface area contributed by atoms with Crippen LogP contribution in [0.25, 0.3) is 4.85 Å². The van der Waals surface area contributed by atoms with Gasteiger partial charge in [-0.25, -0.2) is 4.85 Å². The molecule has 12 heteroatoms. The van der Waals surface area contributed by atoms with Crippen LogP contribution in [0.4, 0.5) is 0 Å². The van der Waals surface area contributed by atoms with Gasteiger partial charge in [-0.15, -0.1) is 0 Å². The van der Waals surface area contributed by atoms with Crippen LogP contribution in [-0.4, -0.2) is 22.0 Å². The highest BCUT2D eigenvalue weighted by Crippen LogP contribution is 2.67. The number of carbonyl (C=O) groups excluding carboxylic acids is 2. The number of benzene rings is 1. The standard InChI is InChI=1S/C14H6N4O4S4/c1-18-4(12(17)22)14-25-9-5(19)7-8(6(20)10(9)26-14)24-13(23-7)3(2-15)11(16)21/h19-20H,(H2,16,21)(H2,17,22). The minimum atomic E-state index is -0.904. The van der Waals surface area contributed by atoms with E-state index in [1.165, 1.54) is 0 Å². The summed E-state index contributed by atoms with van der Waals surface area (Å²) in [6.45, 7) is 7.06. The van der Waals surface area contributed by atoms with E-state index in [2.05, 4.69) is 4.85 Å². The lowest BCUT2D eigenvalue weighted by molar-refractivity contribution is -0.115. The molecule has 0 bridgehead atoms. The third-order valence-corrected chi connectivity index (χ3v) is 8.35. The van der Waals surface area contributed by atoms with Gasteiger partial charge in [-0.2, -0.15) is 5.26 Å². The Labute approximate surface area is 163 Å². The molecule has 8 nitrogen and oxygen atoms in total. The van der Waals surface area contributed by atoms with E-state index in [4.69, 9.17) is 23.3 Å². The molecule has 6 N–H and O–H groups in total. The molecular formula is C14H6N4O4S4. The molecule has 0 saturated heterocycles. The number of amides is 2. The van der Waals surface area contributed by atoms with Crippen molar-refractivity contribution in [1.82, 2.24) is 0 Å². The lowest BCUT2D eigenvalue weighted by Crippen LogP contribution is -2.13. The molecule has 0 aromatic heterocycles. The normalized spacial score (nSPS) is 14.2. The molecule has 2 aliphatic heterocycles. The predicted octanol–water partition coefficient (Wildman–Crippen LogP) is 2.29. The topological polar surface area (TPSA) is 155 Å². The lowest BCUT2D eigenvalue weighted by atomic mass is 10.3. The van der Waals surface area contributed by atoms with Crippen LogP contribution in [0.5, 0.6) is 11.5 Å². The van der Waals surface area contributed by atoms with Gasteiger partial charge in [0.05, 0.1) is 34.6 Å². The second kappa shape index (κ2) is 6.74. The Morgan fingerprint density at radius 1 is 0.923 bits per heavy atom. The van der Waals surface area contributed by atoms with Crippen molar-refractivity contribution in [1.29, 1.82) is 5.26 Å². The van der Waals surface area contributed by atoms with Gasteiger partial charge in [0.25, 0.3) is 11.6 Å². The van der Waals surface area contributed by atoms with E-state index < -0.39 is 11.8 Å². The Balaban J connectivity index is 2.14. The maximum Gasteiger partial charge on any atom is 0.269 e. The zero-order valence-electron chi connectivity index (χ0n) is 12.4. The van der Waals surface area contributed by atoms with Gasteiger partial charge in [-0.05, 0) is 0 Å². The number of nitrogens with two attached hydrogens (primary N) is 2. The molecule has 2 amide bonds. The predicted molar refractivity (Wildman–Crippen MR) is 97.9 cm³/mol. The average molecular weight is 422 g/mol. The summed E-state index contributed by atoms with van der Waals surface area (Å²) in [5.74, 6) is -2.16. The molecule has 2 heterocycles. The van der Waals surface area contributed by atoms with E-state index in [1.807, 2.05) is 0 Å². The number of rotatable bonds is 2. The van der Waals surface area contributed by atoms with Crippen LogP contribution >= 0.6 is 47.0 Å². The molecule has 1 aromatic rings. The van der Waals surface area contributed by atoms with Gasteiger partial charge in [0.2, 0.25) is 5.91 Å². The van der Waals surface area contributed by atoms with E-state index in [0.29, 0.717) is 0 Å². The number of phenolic OH excluding ortho intramolecular Hbond substituents is 2. The summed E-state index contributed by atoms with van der Waals surface area (Å²) in [7, 11) is 0. The summed E-state index contributed by atoms with van der Waals surface area (Å²) in [4.78, 5) is 26.9. The average Bonchev–Trinajstić information content (AvgIpc) is 3.19. The van der Waals surface area contributed by atoms with Crippen molar-refractivity contribution in [2.45, 2.75) is 19.6 Å². The Bertz CT molecular complexity index is 924. The van der Waals surface area contributed by atoms with Crippen LogP contribution in [0.1, 0.15) is 0 Å². The molecule has 0 unspecified atom stereocenters. The third-order valence-electron chi connectivity index (χ3n) is 3.15. The van der Waals surface area contributed by atoms with E-state index in [-0.39, 0.29) is 50.8 Å². The minimum absolute atomic E-state index is 0.177. The maximum absolute atomic E-state index is 11.4. The number of carbonyl (C=O) groups is 2. The van der Waals surface area contributed by atoms with Crippen LogP contribution in [0.2, 0.25) is 0 Å². The van der Waals surface area contributed by atoms with Gasteiger partial charge in [0.15, 0.2) is 0 Å². The number of primary amides is 2. The fourth-order valence-electron chi connectivity index (χ4n) is 2.03. The van der Waals surface area contributed by atoms with E-state index >= 15 is 0 Å². The van der Waals surface area contributed by atoms with Crippen molar-refractivity contribution in [3.8, 4) is 17.6 Å². The van der Waals surface area contributed by atoms with Crippen LogP contribution in [0.3, 0.4) is 0 Å². The molecule has 0 spiro atoms. The summed E-state index contributed by atoms with van der Waals surface area (Å²) in [5.41, 5.74) is 9.81. The number of nitriles is 1. The van der Waals surface area contributed by atoms with Crippen molar-refractivity contribution < 1.29 is 19.8 Å². The second-order valence-electron chi connectivity index (χ2n) is 4.67. The van der Waals surface area contributed by atoms with Gasteiger partial charge >= 0.3 is 0 Å². The molecule has 0 atom stereocenters. The first-order valence-electron chi connectivity index (χ1n) is 6.49. The summed E-state index contributed by atoms with van der Waals surface area (Å²) in [6, 6.07) is 1.71. The highest BCUT2D eigenvalue weighted by molar-refractivity contribution is 8.26. The van der Waals surface area contributed by atoms with E-state index in [0.717, 1.165) is 47.0 Å². The SMILES string of the molecule is [C-]#[N+]C(C(N)=O)=C1Sc2c(O)c3c(c(O)c2S1)SC(=C(C#N)C(N)=O)S3. The number of aromatic hydroxyl groups is 2. The zero-order valence-corrected chi connectivity index (χ0v) is 15.7. The van der Waals surface area contributed by atoms with E-state index in [9.17, 15) is 19.8 Å². The lowest BCUT2D eigenvalue weighted by Gasteiger charge is -2.08. The Morgan fingerprint density at radius 3 is 1.65 bits per heavy atom. The first-order chi connectivity index (χ1) is 12.3. The number of phenols is 2. The fourth-order valence-corrected chi connectivity index (χ4v) is 7.27. The summed E-state index contributed by atoms with van der Waals surface area (Å²) in [5, 5.41) is 30.2. The van der Waals surface area contributed by atoms with Gasteiger partial charge in [-0.1, -0.05) is 47.0 Å². The third kappa shape index (κ3) is 2.77. The number of hydrogen-bond acceptors (Lipinski definition) is 9. The summed E-state index contributed by atoms with van der Waals surface area (Å²) < 4.78 is 0.520. The summed E-state index contributed by atoms with van der Waals surface area (Å²) in [6.07, 6.45) is 0. The van der Waals surface area contributed by atoms with Crippen molar-refractivity contribution in [3.63, 3.8) is 0 Å². The molecular weight excluding hydrogens is 416 g/mol. The highest BCUT2D eigenvalue weighted by Gasteiger charge is 2.37. The Hall–Kier alpha value is -2.38. The van der Waals surface area contributed by atoms with E-state index in [1.54, 1.807) is 6.07 Å². The quantitative estimate of drug-likeness (QED) is 0.243. The minimum Gasteiger partial charge on any atom is -0.505 e. The first kappa shape index (κ1) is 18.4. The van der Waals surface area contributed by atoms with Crippen LogP contribution in [0.15, 0.2) is 39.3 Å². The first-order valence-corrected chi connectivity index (χ1v) is 9.75. The van der Waals surface area contributed by atoms with Crippen LogP contribution in [0, 0.1) is 17.9 Å². The number of thioether (sulfide) groups is 4. The highest BCUT2D eigenvalue weighted by atomic mass is 32.2. The molecule has 0 radical (unpaired) electrons. The molecule has 1 aromatic carbocycles. The monoisotopic (exact) mass is 422 g/mol. The molecule has 2 aliphatic rings. The number of hydrogen-bond donors (Lipinski definition) is 4. The van der Waals surface area contributed by atoms with Crippen molar-refractivity contribution in [2.24, 2.45) is 11.5 Å². The number of nitrogens with zero attached hydrogens (tertiary/aromatic N) is 2. The Kier molecular flexibility index (Phi) is 4.77. The maximum atomic E-state index is 11.4. The van der Waals surface area contributed by atoms with Gasteiger partial charge < -0.3 is 21.7 Å². The largest absolute Gasteiger partial charge is 0.505 e. The zero-order chi connectivity index (χ0) is 19.2. The van der Waals surface area contributed by atoms with Gasteiger partial charge in [0.1, 0.15) is 23.1 Å². The molecule has 0 aliphatic carbocycles. The smallest absolute Gasteiger partial charge is 0.269 e. The van der Waals surface area contributed by atoms with Crippen LogP contribution in [-0.2, 0) is 9.59 Å². The summed E-state index contributed by atoms with van der Waals surface area (Å²) >= 11 is 3.79. The van der Waals surface area contributed by atoms with Crippen molar-refractivity contribution in [2.75, 3.05) is 0 Å². The second-order valence-corrected chi connectivity index (χ2v) is 9.27. The molecule has 3 rings (SSSR count). The van der Waals surface area contributed by atoms with Gasteiger partial charge in [0, 0.05) is 0 Å². The molecule has 26 heavy (non-hydrogen) atoms. The Morgan fingerprint density at radius 2 is 1.35 bits per heavy atom. The van der Waals surface area contributed by atoms with Crippen molar-refractivity contribution in [3.05, 3.63) is 31.2 Å². The molecule has 0 saturated carbocycles. The number of fused-ring (bicyclic) bond motifs is 2. The van der Waals surface area contributed by atoms with Gasteiger partial charge in [-0.3, -0.25) is 9.59 Å². The molecule has 130 valence electrons. The van der Waals surface area contributed by atoms with Crippen molar-refractivity contribution >= 4 is 58.9 Å². The van der Waals surface area contributed by atoms with Crippen LogP contribution < -0.4 is 11.5 Å². The fraction of sp³-hybridized carbons (Fsp3) is 0. The molecule has 0 fully saturated rings.